The summed E-state index contributed by atoms with van der Waals surface area (Å²) in [5.41, 5.74) is 4.75. The molecule has 0 fully saturated rings. The van der Waals surface area contributed by atoms with Crippen molar-refractivity contribution >= 4 is 47.7 Å². The largest absolute Gasteiger partial charge is 0.379 e. The summed E-state index contributed by atoms with van der Waals surface area (Å²) < 4.78 is 40.5. The summed E-state index contributed by atoms with van der Waals surface area (Å²) >= 11 is 4.96. The number of hydrogen-bond donors (Lipinski definition) is 3. The number of nitrogens with zero attached hydrogens (tertiary/aromatic N) is 4. The zero-order valence-corrected chi connectivity index (χ0v) is 41.3. The maximum atomic E-state index is 13.8. The van der Waals surface area contributed by atoms with Gasteiger partial charge in [0.2, 0.25) is 17.7 Å². The molecule has 4 rings (SSSR count). The fourth-order valence-electron chi connectivity index (χ4n) is 6.92. The van der Waals surface area contributed by atoms with Crippen LogP contribution in [0.4, 0.5) is 5.69 Å². The normalized spacial score (nSPS) is 13.1. The van der Waals surface area contributed by atoms with E-state index in [0.717, 1.165) is 48.1 Å². The summed E-state index contributed by atoms with van der Waals surface area (Å²) in [6.45, 7) is 9.79. The van der Waals surface area contributed by atoms with Gasteiger partial charge in [0.15, 0.2) is 0 Å². The summed E-state index contributed by atoms with van der Waals surface area (Å²) in [5.74, 6) is -0.385. The Bertz CT molecular complexity index is 2020. The van der Waals surface area contributed by atoms with Gasteiger partial charge in [-0.2, -0.15) is 0 Å². The lowest BCUT2D eigenvalue weighted by Gasteiger charge is -2.28. The van der Waals surface area contributed by atoms with Crippen LogP contribution in [0.5, 0.6) is 0 Å². The third-order valence-electron chi connectivity index (χ3n) is 10.4. The second-order valence-electron chi connectivity index (χ2n) is 16.4. The van der Waals surface area contributed by atoms with Gasteiger partial charge in [0.1, 0.15) is 11.5 Å². The van der Waals surface area contributed by atoms with Crippen LogP contribution in [0.2, 0.25) is 0 Å². The summed E-state index contributed by atoms with van der Waals surface area (Å²) in [6, 6.07) is 15.5. The van der Waals surface area contributed by atoms with Crippen LogP contribution in [0, 0.1) is 5.92 Å². The predicted octanol–water partition coefficient (Wildman–Crippen LogP) is 5.78. The van der Waals surface area contributed by atoms with Crippen LogP contribution in [0.3, 0.4) is 0 Å². The molecule has 1 aliphatic rings. The number of fused-ring (bicyclic) bond motifs is 5. The second-order valence-corrected chi connectivity index (χ2v) is 19.2. The van der Waals surface area contributed by atoms with E-state index in [1.165, 1.54) is 0 Å². The number of aromatic nitrogens is 3. The molecule has 2 aromatic carbocycles. The fourth-order valence-corrected chi connectivity index (χ4v) is 8.61. The maximum absolute atomic E-state index is 13.8. The molecule has 0 saturated carbocycles. The van der Waals surface area contributed by atoms with Gasteiger partial charge >= 0.3 is 6.72 Å². The number of carbonyl (C=O) groups excluding carboxylic acids is 4. The molecular formula is C47H71N6O12PS. The first-order valence-electron chi connectivity index (χ1n) is 23.4. The van der Waals surface area contributed by atoms with Gasteiger partial charge in [-0.25, -0.2) is 4.68 Å². The van der Waals surface area contributed by atoms with E-state index >= 15 is 0 Å². The summed E-state index contributed by atoms with van der Waals surface area (Å²) in [6.07, 6.45) is 3.92. The molecule has 0 spiro atoms. The molecule has 67 heavy (non-hydrogen) atoms. The third-order valence-corrected chi connectivity index (χ3v) is 12.2. The quantitative estimate of drug-likeness (QED) is 0.0471. The van der Waals surface area contributed by atoms with Crippen molar-refractivity contribution in [3.63, 3.8) is 0 Å². The Kier molecular flexibility index (Phi) is 25.9. The van der Waals surface area contributed by atoms with E-state index in [4.69, 9.17) is 44.5 Å². The Labute approximate surface area is 400 Å². The second kappa shape index (κ2) is 31.2. The number of Topliss-reactive ketones (excluding diaryl/α,β-unsaturated/α-hetero) is 1. The standard InChI is InChI=1S/C47H71N6O12PS/c1-36(2)42(54)19-25-59-27-22-49-43(55)17-18-45(57)52-35-38-13-7-8-14-39(38)47-46(40-15-9-10-16-41(40)52)50-51-53(47)23-28-61-30-32-63-34-33-62-31-29-60-26-20-44(56)48-21-11-5-6-12-24-64-66(58,67)65-37(3)4/h7-10,13-16,36-37H,5-6,11-12,17-35H2,1-4H3,(H,48,56)(H,49,55)(H,58,67). The average Bonchev–Trinajstić information content (AvgIpc) is 3.71. The molecule has 3 aromatic rings. The Morgan fingerprint density at radius 2 is 1.28 bits per heavy atom. The molecule has 1 unspecified atom stereocenters. The maximum Gasteiger partial charge on any atom is 0.324 e. The number of benzene rings is 2. The number of hydrogen-bond acceptors (Lipinski definition) is 14. The minimum absolute atomic E-state index is 0.0147. The zero-order chi connectivity index (χ0) is 48.3. The molecule has 20 heteroatoms. The van der Waals surface area contributed by atoms with E-state index in [9.17, 15) is 24.1 Å². The molecule has 1 aliphatic heterocycles. The molecular weight excluding hydrogens is 904 g/mol. The van der Waals surface area contributed by atoms with Crippen molar-refractivity contribution in [1.82, 2.24) is 25.6 Å². The van der Waals surface area contributed by atoms with Gasteiger partial charge in [-0.05, 0) is 50.1 Å². The number of nitrogens with one attached hydrogen (secondary N) is 2. The predicted molar refractivity (Wildman–Crippen MR) is 258 cm³/mol. The van der Waals surface area contributed by atoms with Crippen LogP contribution < -0.4 is 15.5 Å². The Balaban J connectivity index is 1.08. The van der Waals surface area contributed by atoms with Crippen molar-refractivity contribution in [2.45, 2.75) is 98.3 Å². The first kappa shape index (κ1) is 55.6. The molecule has 2 heterocycles. The van der Waals surface area contributed by atoms with Crippen LogP contribution in [0.1, 0.15) is 84.6 Å². The monoisotopic (exact) mass is 974 g/mol. The zero-order valence-electron chi connectivity index (χ0n) is 39.6. The van der Waals surface area contributed by atoms with Crippen molar-refractivity contribution in [3.8, 4) is 22.5 Å². The van der Waals surface area contributed by atoms with Crippen LogP contribution in [-0.2, 0) is 76.8 Å². The van der Waals surface area contributed by atoms with Gasteiger partial charge in [-0.1, -0.05) is 74.4 Å². The van der Waals surface area contributed by atoms with Crippen LogP contribution in [-0.4, -0.2) is 135 Å². The lowest BCUT2D eigenvalue weighted by molar-refractivity contribution is -0.125. The third kappa shape index (κ3) is 21.0. The van der Waals surface area contributed by atoms with Crippen molar-refractivity contribution in [1.29, 1.82) is 0 Å². The fraction of sp³-hybridized carbons (Fsp3) is 0.617. The smallest absolute Gasteiger partial charge is 0.324 e. The van der Waals surface area contributed by atoms with E-state index in [-0.39, 0.29) is 61.4 Å². The SMILES string of the molecule is CC(C)OP(O)(=S)OCCCCCCNC(=O)CCOCCOCCOCCOCCn1nnc2c1-c1ccccc1CN(C(=O)CCC(=O)NCCOCCC(=O)C(C)C)c1ccccc1-2. The molecule has 372 valence electrons. The topological polar surface area (TPSA) is 211 Å². The molecule has 0 saturated heterocycles. The van der Waals surface area contributed by atoms with Gasteiger partial charge in [-0.15, -0.1) is 5.10 Å². The van der Waals surface area contributed by atoms with Crippen LogP contribution in [0.25, 0.3) is 22.5 Å². The molecule has 18 nitrogen and oxygen atoms in total. The summed E-state index contributed by atoms with van der Waals surface area (Å²) in [7, 11) is 0. The minimum Gasteiger partial charge on any atom is -0.379 e. The number of ether oxygens (including phenoxy) is 5. The highest BCUT2D eigenvalue weighted by Crippen LogP contribution is 2.45. The Hall–Kier alpha value is -4.01. The number of carbonyl (C=O) groups is 4. The van der Waals surface area contributed by atoms with E-state index < -0.39 is 6.72 Å². The molecule has 3 N–H and O–H groups in total. The molecule has 0 radical (unpaired) electrons. The minimum atomic E-state index is -3.16. The molecule has 0 bridgehead atoms. The number of rotatable bonds is 35. The van der Waals surface area contributed by atoms with Gasteiger partial charge in [0.25, 0.3) is 0 Å². The number of ketones is 1. The molecule has 3 amide bonds. The van der Waals surface area contributed by atoms with Crippen LogP contribution in [0.15, 0.2) is 48.5 Å². The van der Waals surface area contributed by atoms with Gasteiger partial charge in [-0.3, -0.25) is 19.2 Å². The molecule has 1 aromatic heterocycles. The molecule has 0 aliphatic carbocycles. The number of para-hydroxylation sites is 1. The highest BCUT2D eigenvalue weighted by molar-refractivity contribution is 8.07. The summed E-state index contributed by atoms with van der Waals surface area (Å²) in [4.78, 5) is 62.0. The van der Waals surface area contributed by atoms with Crippen molar-refractivity contribution in [2.24, 2.45) is 5.92 Å². The van der Waals surface area contributed by atoms with E-state index in [0.29, 0.717) is 110 Å². The highest BCUT2D eigenvalue weighted by Gasteiger charge is 2.29. The number of unbranched alkanes of at least 4 members (excludes halogenated alkanes) is 3. The van der Waals surface area contributed by atoms with Gasteiger partial charge in [0, 0.05) is 55.8 Å². The van der Waals surface area contributed by atoms with Crippen molar-refractivity contribution in [2.75, 3.05) is 90.7 Å². The van der Waals surface area contributed by atoms with Gasteiger partial charge < -0.3 is 53.2 Å². The van der Waals surface area contributed by atoms with Gasteiger partial charge in [0.05, 0.1) is 103 Å². The first-order valence-corrected chi connectivity index (χ1v) is 26.0. The van der Waals surface area contributed by atoms with E-state index in [1.54, 1.807) is 18.7 Å². The molecule has 1 atom stereocenters. The van der Waals surface area contributed by atoms with E-state index in [2.05, 4.69) is 20.9 Å². The first-order chi connectivity index (χ1) is 32.4. The Morgan fingerprint density at radius 3 is 2.00 bits per heavy atom. The lowest BCUT2D eigenvalue weighted by atomic mass is 9.95. The van der Waals surface area contributed by atoms with Crippen molar-refractivity contribution < 1.29 is 56.8 Å². The highest BCUT2D eigenvalue weighted by atomic mass is 32.5. The van der Waals surface area contributed by atoms with Crippen molar-refractivity contribution in [3.05, 3.63) is 54.1 Å². The van der Waals surface area contributed by atoms with Crippen LogP contribution >= 0.6 is 6.72 Å². The Morgan fingerprint density at radius 1 is 0.687 bits per heavy atom. The van der Waals surface area contributed by atoms with E-state index in [1.807, 2.05) is 67.1 Å². The number of anilines is 1. The summed E-state index contributed by atoms with van der Waals surface area (Å²) in [5, 5.41) is 14.8. The lowest BCUT2D eigenvalue weighted by Crippen LogP contribution is -2.34. The average molecular weight is 975 g/mol. The number of amides is 3.